The molecule has 3 rings (SSSR count). The van der Waals surface area contributed by atoms with E-state index in [0.29, 0.717) is 16.4 Å². The molecule has 0 bridgehead atoms. The highest BCUT2D eigenvalue weighted by Gasteiger charge is 2.53. The Bertz CT molecular complexity index is 943. The van der Waals surface area contributed by atoms with Crippen LogP contribution in [0.5, 0.6) is 0 Å². The van der Waals surface area contributed by atoms with Crippen molar-refractivity contribution >= 4 is 34.8 Å². The number of carbonyl (C=O) groups is 1. The first-order valence-electron chi connectivity index (χ1n) is 8.53. The van der Waals surface area contributed by atoms with Crippen LogP contribution < -0.4 is 11.1 Å². The summed E-state index contributed by atoms with van der Waals surface area (Å²) >= 11 is 6.20. The Morgan fingerprint density at radius 1 is 1.19 bits per heavy atom. The molecule has 1 amide bonds. The molecular weight excluding hydrogens is 367 g/mol. The van der Waals surface area contributed by atoms with Crippen LogP contribution in [0.25, 0.3) is 0 Å². The summed E-state index contributed by atoms with van der Waals surface area (Å²) in [6.45, 7) is 5.22. The number of hydrogen-bond acceptors (Lipinski definition) is 4. The highest BCUT2D eigenvalue weighted by atomic mass is 35.5. The monoisotopic (exact) mass is 388 g/mol. The molecule has 1 aliphatic heterocycles. The van der Waals surface area contributed by atoms with E-state index in [9.17, 15) is 9.18 Å². The lowest BCUT2D eigenvalue weighted by molar-refractivity contribution is -0.140. The number of hydrogen-bond donors (Lipinski definition) is 2. The molecule has 0 saturated carbocycles. The second-order valence-corrected chi connectivity index (χ2v) is 7.74. The Labute approximate surface area is 163 Å². The fraction of sp³-hybridized carbons (Fsp3) is 0.300. The molecule has 0 spiro atoms. The molecule has 1 heterocycles. The fourth-order valence-corrected chi connectivity index (χ4v) is 3.45. The summed E-state index contributed by atoms with van der Waals surface area (Å²) in [7, 11) is 1.56. The maximum Gasteiger partial charge on any atom is 0.237 e. The number of halogens is 2. The zero-order chi connectivity index (χ0) is 20.0. The number of anilines is 2. The van der Waals surface area contributed by atoms with E-state index in [4.69, 9.17) is 17.3 Å². The van der Waals surface area contributed by atoms with Gasteiger partial charge in [-0.2, -0.15) is 0 Å². The second kappa shape index (κ2) is 6.53. The zero-order valence-electron chi connectivity index (χ0n) is 15.7. The van der Waals surface area contributed by atoms with Gasteiger partial charge in [-0.1, -0.05) is 23.7 Å². The lowest BCUT2D eigenvalue weighted by Crippen LogP contribution is -2.58. The molecule has 1 aliphatic rings. The molecule has 0 aromatic heterocycles. The number of guanidine groups is 1. The van der Waals surface area contributed by atoms with Gasteiger partial charge in [0.2, 0.25) is 5.91 Å². The van der Waals surface area contributed by atoms with Gasteiger partial charge in [0.05, 0.1) is 16.1 Å². The first kappa shape index (κ1) is 19.2. The largest absolute Gasteiger partial charge is 0.369 e. The van der Waals surface area contributed by atoms with Crippen molar-refractivity contribution in [1.82, 2.24) is 4.90 Å². The van der Waals surface area contributed by atoms with E-state index in [2.05, 4.69) is 10.3 Å². The molecular formula is C20H22ClFN4O. The van der Waals surface area contributed by atoms with Crippen molar-refractivity contribution in [2.75, 3.05) is 12.4 Å². The molecule has 1 atom stereocenters. The van der Waals surface area contributed by atoms with Crippen LogP contribution in [0, 0.1) is 11.2 Å². The van der Waals surface area contributed by atoms with E-state index in [1.54, 1.807) is 46.0 Å². The van der Waals surface area contributed by atoms with Crippen molar-refractivity contribution in [3.63, 3.8) is 0 Å². The molecule has 2 aromatic carbocycles. The van der Waals surface area contributed by atoms with Crippen molar-refractivity contribution in [3.8, 4) is 0 Å². The van der Waals surface area contributed by atoms with Gasteiger partial charge in [-0.25, -0.2) is 9.38 Å². The molecule has 3 N–H and O–H groups in total. The smallest absolute Gasteiger partial charge is 0.237 e. The zero-order valence-corrected chi connectivity index (χ0v) is 16.4. The normalized spacial score (nSPS) is 21.8. The topological polar surface area (TPSA) is 70.7 Å². The predicted octanol–water partition coefficient (Wildman–Crippen LogP) is 4.25. The van der Waals surface area contributed by atoms with E-state index in [1.165, 1.54) is 11.0 Å². The number of nitrogens with zero attached hydrogens (tertiary/aromatic N) is 2. The average molecular weight is 389 g/mol. The summed E-state index contributed by atoms with van der Waals surface area (Å²) in [5.74, 6) is -0.615. The van der Waals surface area contributed by atoms with Crippen molar-refractivity contribution in [1.29, 1.82) is 0 Å². The number of amides is 1. The summed E-state index contributed by atoms with van der Waals surface area (Å²) in [6.07, 6.45) is 0. The minimum Gasteiger partial charge on any atom is -0.369 e. The van der Waals surface area contributed by atoms with E-state index in [0.717, 1.165) is 0 Å². The molecule has 0 aliphatic carbocycles. The number of rotatable bonds is 3. The lowest BCUT2D eigenvalue weighted by atomic mass is 9.67. The number of para-hydroxylation sites is 1. The molecule has 2 aromatic rings. The van der Waals surface area contributed by atoms with Gasteiger partial charge in [0.25, 0.3) is 0 Å². The van der Waals surface area contributed by atoms with Gasteiger partial charge < -0.3 is 11.1 Å². The summed E-state index contributed by atoms with van der Waals surface area (Å²) in [5, 5.41) is 3.73. The van der Waals surface area contributed by atoms with Crippen LogP contribution in [0.2, 0.25) is 5.02 Å². The molecule has 0 radical (unpaired) electrons. The summed E-state index contributed by atoms with van der Waals surface area (Å²) in [5.41, 5.74) is 5.40. The van der Waals surface area contributed by atoms with Crippen LogP contribution in [0.3, 0.4) is 0 Å². The number of aliphatic imine (C=N–C) groups is 1. The predicted molar refractivity (Wildman–Crippen MR) is 107 cm³/mol. The van der Waals surface area contributed by atoms with Crippen molar-refractivity contribution < 1.29 is 9.18 Å². The number of benzene rings is 2. The minimum atomic E-state index is -1.16. The van der Waals surface area contributed by atoms with Gasteiger partial charge in [0, 0.05) is 18.3 Å². The van der Waals surface area contributed by atoms with Gasteiger partial charge in [0.15, 0.2) is 5.96 Å². The van der Waals surface area contributed by atoms with Crippen LogP contribution >= 0.6 is 11.6 Å². The van der Waals surface area contributed by atoms with Gasteiger partial charge in [-0.15, -0.1) is 0 Å². The Kier molecular flexibility index (Phi) is 4.64. The van der Waals surface area contributed by atoms with E-state index < -0.39 is 16.8 Å². The third-order valence-corrected chi connectivity index (χ3v) is 5.71. The Hall–Kier alpha value is -2.60. The first-order valence-corrected chi connectivity index (χ1v) is 8.91. The maximum atomic E-state index is 14.8. The Morgan fingerprint density at radius 3 is 2.52 bits per heavy atom. The van der Waals surface area contributed by atoms with Crippen molar-refractivity contribution in [3.05, 3.63) is 58.9 Å². The quantitative estimate of drug-likeness (QED) is 0.825. The van der Waals surface area contributed by atoms with E-state index in [1.807, 2.05) is 18.2 Å². The molecule has 1 unspecified atom stereocenters. The molecule has 27 heavy (non-hydrogen) atoms. The van der Waals surface area contributed by atoms with E-state index >= 15 is 0 Å². The third kappa shape index (κ3) is 3.04. The molecule has 142 valence electrons. The van der Waals surface area contributed by atoms with Crippen LogP contribution in [0.4, 0.5) is 15.8 Å². The average Bonchev–Trinajstić information content (AvgIpc) is 2.62. The van der Waals surface area contributed by atoms with Gasteiger partial charge in [-0.3, -0.25) is 9.69 Å². The summed E-state index contributed by atoms with van der Waals surface area (Å²) < 4.78 is 14.8. The third-order valence-electron chi connectivity index (χ3n) is 5.38. The Balaban J connectivity index is 2.11. The first-order chi connectivity index (χ1) is 12.6. The van der Waals surface area contributed by atoms with Gasteiger partial charge >= 0.3 is 0 Å². The second-order valence-electron chi connectivity index (χ2n) is 7.33. The van der Waals surface area contributed by atoms with Gasteiger partial charge in [0.1, 0.15) is 11.4 Å². The van der Waals surface area contributed by atoms with Crippen LogP contribution in [0.15, 0.2) is 47.5 Å². The highest BCUT2D eigenvalue weighted by molar-refractivity contribution is 6.33. The molecule has 0 saturated heterocycles. The Morgan fingerprint density at radius 2 is 1.85 bits per heavy atom. The molecule has 7 heteroatoms. The van der Waals surface area contributed by atoms with E-state index in [-0.39, 0.29) is 17.4 Å². The van der Waals surface area contributed by atoms with Crippen molar-refractivity contribution in [2.24, 2.45) is 16.1 Å². The highest BCUT2D eigenvalue weighted by Crippen LogP contribution is 2.47. The SMILES string of the molecule is CN1C(=O)C(C)(C)C(C)(c2cc(Nc3ccccc3Cl)ccc2F)N=C1N. The summed E-state index contributed by atoms with van der Waals surface area (Å²) in [4.78, 5) is 18.6. The number of carbonyl (C=O) groups excluding carboxylic acids is 1. The number of nitrogens with two attached hydrogens (primary N) is 1. The molecule has 0 fully saturated rings. The number of nitrogens with one attached hydrogen (secondary N) is 1. The summed E-state index contributed by atoms with van der Waals surface area (Å²) in [6, 6.07) is 11.9. The van der Waals surface area contributed by atoms with Crippen molar-refractivity contribution in [2.45, 2.75) is 26.3 Å². The lowest BCUT2D eigenvalue weighted by Gasteiger charge is -2.46. The van der Waals surface area contributed by atoms with Crippen LogP contribution in [-0.2, 0) is 10.3 Å². The van der Waals surface area contributed by atoms with Gasteiger partial charge in [-0.05, 0) is 51.1 Å². The molecule has 5 nitrogen and oxygen atoms in total. The standard InChI is InChI=1S/C20H22ClFN4O/c1-19(2)17(27)26(4)18(23)25-20(19,3)13-11-12(9-10-15(13)22)24-16-8-6-5-7-14(16)21/h5-11,24H,1-4H3,(H2,23,25). The maximum absolute atomic E-state index is 14.8. The van der Waals surface area contributed by atoms with Crippen LogP contribution in [-0.4, -0.2) is 23.8 Å². The van der Waals surface area contributed by atoms with Crippen LogP contribution in [0.1, 0.15) is 26.3 Å². The fourth-order valence-electron chi connectivity index (χ4n) is 3.27. The minimum absolute atomic E-state index is 0.0608.